The summed E-state index contributed by atoms with van der Waals surface area (Å²) in [4.78, 5) is 12.3. The first-order valence-electron chi connectivity index (χ1n) is 9.76. The van der Waals surface area contributed by atoms with E-state index in [1.807, 2.05) is 19.1 Å². The summed E-state index contributed by atoms with van der Waals surface area (Å²) in [6.07, 6.45) is 6.94. The fraction of sp³-hybridized carbons (Fsp3) is 0.667. The standard InChI is InChI=1S/C21H34N2O3/c1-17(20(24)22-14-7-15-25-2)23-16-21(12-5-4-6-13-21)18-8-10-19(26-3)11-9-18/h8-11,17,23H,4-7,12-16H2,1-3H3,(H,22,24). The highest BCUT2D eigenvalue weighted by molar-refractivity contribution is 5.81. The van der Waals surface area contributed by atoms with Gasteiger partial charge in [0.15, 0.2) is 0 Å². The summed E-state index contributed by atoms with van der Waals surface area (Å²) in [5.41, 5.74) is 1.45. The Labute approximate surface area is 157 Å². The van der Waals surface area contributed by atoms with Crippen LogP contribution in [-0.4, -0.2) is 45.9 Å². The van der Waals surface area contributed by atoms with E-state index in [1.54, 1.807) is 14.2 Å². The molecule has 1 aliphatic rings. The Hall–Kier alpha value is -1.59. The molecule has 0 spiro atoms. The molecule has 1 fully saturated rings. The van der Waals surface area contributed by atoms with Gasteiger partial charge in [0.05, 0.1) is 13.2 Å². The van der Waals surface area contributed by atoms with Crippen molar-refractivity contribution in [3.8, 4) is 5.75 Å². The molecule has 146 valence electrons. The average Bonchev–Trinajstić information content (AvgIpc) is 2.70. The second-order valence-electron chi connectivity index (χ2n) is 7.31. The van der Waals surface area contributed by atoms with Crippen molar-refractivity contribution in [1.82, 2.24) is 10.6 Å². The Morgan fingerprint density at radius 2 is 1.85 bits per heavy atom. The molecule has 5 nitrogen and oxygen atoms in total. The summed E-state index contributed by atoms with van der Waals surface area (Å²) in [5, 5.41) is 6.46. The summed E-state index contributed by atoms with van der Waals surface area (Å²) in [6, 6.07) is 8.24. The van der Waals surface area contributed by atoms with Crippen LogP contribution in [0.15, 0.2) is 24.3 Å². The summed E-state index contributed by atoms with van der Waals surface area (Å²) < 4.78 is 10.3. The van der Waals surface area contributed by atoms with Crippen molar-refractivity contribution in [1.29, 1.82) is 0 Å². The van der Waals surface area contributed by atoms with Crippen LogP contribution < -0.4 is 15.4 Å². The molecule has 1 saturated carbocycles. The minimum absolute atomic E-state index is 0.0572. The summed E-state index contributed by atoms with van der Waals surface area (Å²) in [5.74, 6) is 0.943. The van der Waals surface area contributed by atoms with Crippen LogP contribution in [0.2, 0.25) is 0 Å². The van der Waals surface area contributed by atoms with Gasteiger partial charge < -0.3 is 20.1 Å². The van der Waals surface area contributed by atoms with Crippen LogP contribution in [0.1, 0.15) is 51.0 Å². The molecule has 2 N–H and O–H groups in total. The second kappa shape index (κ2) is 10.5. The summed E-state index contributed by atoms with van der Waals surface area (Å²) >= 11 is 0. The molecule has 0 aliphatic heterocycles. The first kappa shape index (κ1) is 20.7. The Morgan fingerprint density at radius 1 is 1.15 bits per heavy atom. The Bertz CT molecular complexity index is 539. The molecular formula is C21H34N2O3. The van der Waals surface area contributed by atoms with Crippen LogP contribution in [-0.2, 0) is 14.9 Å². The van der Waals surface area contributed by atoms with Crippen molar-refractivity contribution in [2.75, 3.05) is 33.9 Å². The van der Waals surface area contributed by atoms with Gasteiger partial charge in [-0.25, -0.2) is 0 Å². The molecule has 1 amide bonds. The zero-order valence-corrected chi connectivity index (χ0v) is 16.5. The molecule has 1 atom stereocenters. The van der Waals surface area contributed by atoms with Gasteiger partial charge in [0.2, 0.25) is 5.91 Å². The molecule has 26 heavy (non-hydrogen) atoms. The SMILES string of the molecule is COCCCNC(=O)C(C)NCC1(c2ccc(OC)cc2)CCCCC1. The van der Waals surface area contributed by atoms with E-state index in [1.165, 1.54) is 24.8 Å². The lowest BCUT2D eigenvalue weighted by molar-refractivity contribution is -0.122. The fourth-order valence-electron chi connectivity index (χ4n) is 3.76. The number of methoxy groups -OCH3 is 2. The smallest absolute Gasteiger partial charge is 0.236 e. The van der Waals surface area contributed by atoms with Gasteiger partial charge in [-0.05, 0) is 43.9 Å². The minimum Gasteiger partial charge on any atom is -0.497 e. The minimum atomic E-state index is -0.199. The predicted molar refractivity (Wildman–Crippen MR) is 105 cm³/mol. The highest BCUT2D eigenvalue weighted by Crippen LogP contribution is 2.39. The lowest BCUT2D eigenvalue weighted by Crippen LogP contribution is -2.48. The maximum atomic E-state index is 12.3. The van der Waals surface area contributed by atoms with Gasteiger partial charge in [-0.15, -0.1) is 0 Å². The number of benzene rings is 1. The molecule has 1 aliphatic carbocycles. The molecule has 0 aromatic heterocycles. The number of hydrogen-bond acceptors (Lipinski definition) is 4. The van der Waals surface area contributed by atoms with Crippen LogP contribution in [0.4, 0.5) is 0 Å². The van der Waals surface area contributed by atoms with E-state index in [2.05, 4.69) is 22.8 Å². The molecule has 1 aromatic rings. The molecule has 0 heterocycles. The highest BCUT2D eigenvalue weighted by atomic mass is 16.5. The monoisotopic (exact) mass is 362 g/mol. The van der Waals surface area contributed by atoms with E-state index in [-0.39, 0.29) is 17.4 Å². The van der Waals surface area contributed by atoms with E-state index in [9.17, 15) is 4.79 Å². The quantitative estimate of drug-likeness (QED) is 0.628. The van der Waals surface area contributed by atoms with Gasteiger partial charge in [-0.2, -0.15) is 0 Å². The lowest BCUT2D eigenvalue weighted by Gasteiger charge is -2.39. The Morgan fingerprint density at radius 3 is 2.46 bits per heavy atom. The average molecular weight is 363 g/mol. The molecule has 1 aromatic carbocycles. The third kappa shape index (κ3) is 5.71. The van der Waals surface area contributed by atoms with Crippen LogP contribution in [0, 0.1) is 0 Å². The number of ether oxygens (including phenoxy) is 2. The zero-order chi connectivity index (χ0) is 18.8. The van der Waals surface area contributed by atoms with Crippen LogP contribution >= 0.6 is 0 Å². The summed E-state index contributed by atoms with van der Waals surface area (Å²) in [7, 11) is 3.37. The van der Waals surface area contributed by atoms with Crippen molar-refractivity contribution in [2.24, 2.45) is 0 Å². The topological polar surface area (TPSA) is 59.6 Å². The first-order valence-corrected chi connectivity index (χ1v) is 9.76. The number of hydrogen-bond donors (Lipinski definition) is 2. The number of rotatable bonds is 10. The van der Waals surface area contributed by atoms with Crippen LogP contribution in [0.5, 0.6) is 5.75 Å². The molecule has 0 saturated heterocycles. The number of nitrogens with one attached hydrogen (secondary N) is 2. The third-order valence-electron chi connectivity index (χ3n) is 5.48. The molecule has 0 radical (unpaired) electrons. The van der Waals surface area contributed by atoms with E-state index in [0.717, 1.165) is 31.6 Å². The maximum absolute atomic E-state index is 12.3. The Balaban J connectivity index is 1.95. The van der Waals surface area contributed by atoms with Gasteiger partial charge in [0.1, 0.15) is 5.75 Å². The van der Waals surface area contributed by atoms with Gasteiger partial charge >= 0.3 is 0 Å². The van der Waals surface area contributed by atoms with Crippen molar-refractivity contribution >= 4 is 5.91 Å². The molecular weight excluding hydrogens is 328 g/mol. The predicted octanol–water partition coefficient (Wildman–Crippen LogP) is 3.03. The molecule has 2 rings (SSSR count). The second-order valence-corrected chi connectivity index (χ2v) is 7.31. The maximum Gasteiger partial charge on any atom is 0.236 e. The van der Waals surface area contributed by atoms with E-state index < -0.39 is 0 Å². The first-order chi connectivity index (χ1) is 12.6. The largest absolute Gasteiger partial charge is 0.497 e. The van der Waals surface area contributed by atoms with E-state index >= 15 is 0 Å². The van der Waals surface area contributed by atoms with Crippen molar-refractivity contribution in [3.63, 3.8) is 0 Å². The van der Waals surface area contributed by atoms with Crippen molar-refractivity contribution in [3.05, 3.63) is 29.8 Å². The fourth-order valence-corrected chi connectivity index (χ4v) is 3.76. The lowest BCUT2D eigenvalue weighted by atomic mass is 9.69. The van der Waals surface area contributed by atoms with E-state index in [0.29, 0.717) is 13.2 Å². The third-order valence-corrected chi connectivity index (χ3v) is 5.48. The molecule has 5 heteroatoms. The van der Waals surface area contributed by atoms with Gasteiger partial charge in [0.25, 0.3) is 0 Å². The Kier molecular flexibility index (Phi) is 8.39. The van der Waals surface area contributed by atoms with Gasteiger partial charge in [-0.1, -0.05) is 31.4 Å². The van der Waals surface area contributed by atoms with Crippen LogP contribution in [0.3, 0.4) is 0 Å². The number of carbonyl (C=O) groups is 1. The summed E-state index contributed by atoms with van der Waals surface area (Å²) in [6.45, 7) is 4.09. The van der Waals surface area contributed by atoms with E-state index in [4.69, 9.17) is 9.47 Å². The van der Waals surface area contributed by atoms with Crippen molar-refractivity contribution in [2.45, 2.75) is 56.9 Å². The number of carbonyl (C=O) groups excluding carboxylic acids is 1. The number of amides is 1. The van der Waals surface area contributed by atoms with Crippen LogP contribution in [0.25, 0.3) is 0 Å². The van der Waals surface area contributed by atoms with Gasteiger partial charge in [-0.3, -0.25) is 4.79 Å². The highest BCUT2D eigenvalue weighted by Gasteiger charge is 2.34. The normalized spacial score (nSPS) is 17.5. The van der Waals surface area contributed by atoms with Gasteiger partial charge in [0, 0.05) is 32.2 Å². The zero-order valence-electron chi connectivity index (χ0n) is 16.5. The van der Waals surface area contributed by atoms with Crippen molar-refractivity contribution < 1.29 is 14.3 Å². The molecule has 0 bridgehead atoms. The molecule has 1 unspecified atom stereocenters.